The Kier molecular flexibility index (Phi) is 7.87. The monoisotopic (exact) mass is 169 g/mol. The van der Waals surface area contributed by atoms with Crippen LogP contribution in [0.1, 0.15) is 0 Å². The van der Waals surface area contributed by atoms with Crippen LogP contribution in [-0.2, 0) is 19.1 Å². The van der Waals surface area contributed by atoms with Gasteiger partial charge in [0.25, 0.3) is 0 Å². The van der Waals surface area contributed by atoms with E-state index in [0.29, 0.717) is 0 Å². The molecule has 0 fully saturated rings. The standard InChI is InChI=1S/C5H7NO4.Na.H/c1-10-5(9)4(6)3(8)2-7;;/h2,4H,6H2,1H3;;. The molecule has 0 spiro atoms. The molecule has 0 aromatic heterocycles. The number of rotatable bonds is 3. The fourth-order valence-electron chi connectivity index (χ4n) is 0.316. The van der Waals surface area contributed by atoms with Crippen LogP contribution in [0.3, 0.4) is 0 Å². The Bertz CT molecular complexity index is 170. The quantitative estimate of drug-likeness (QED) is 0.167. The summed E-state index contributed by atoms with van der Waals surface area (Å²) in [4.78, 5) is 30.4. The van der Waals surface area contributed by atoms with Gasteiger partial charge in [0.2, 0.25) is 5.78 Å². The van der Waals surface area contributed by atoms with Crippen molar-refractivity contribution in [2.24, 2.45) is 5.73 Å². The average molecular weight is 169 g/mol. The van der Waals surface area contributed by atoms with Gasteiger partial charge in [0.05, 0.1) is 7.11 Å². The summed E-state index contributed by atoms with van der Waals surface area (Å²) < 4.78 is 4.09. The van der Waals surface area contributed by atoms with Gasteiger partial charge in [0.15, 0.2) is 12.3 Å². The van der Waals surface area contributed by atoms with Gasteiger partial charge in [-0.15, -0.1) is 0 Å². The second-order valence-corrected chi connectivity index (χ2v) is 1.52. The van der Waals surface area contributed by atoms with Crippen molar-refractivity contribution in [3.05, 3.63) is 0 Å². The molecule has 0 aliphatic rings. The Hall–Kier alpha value is -0.230. The molecule has 0 saturated heterocycles. The van der Waals surface area contributed by atoms with Crippen molar-refractivity contribution in [1.29, 1.82) is 0 Å². The molecule has 0 aliphatic heterocycles. The minimum atomic E-state index is -1.47. The van der Waals surface area contributed by atoms with Crippen molar-refractivity contribution in [2.45, 2.75) is 6.04 Å². The molecule has 0 aliphatic carbocycles. The van der Waals surface area contributed by atoms with Gasteiger partial charge >= 0.3 is 35.5 Å². The molecule has 0 heterocycles. The molecule has 11 heavy (non-hydrogen) atoms. The molecule has 0 amide bonds. The summed E-state index contributed by atoms with van der Waals surface area (Å²) in [6.45, 7) is 0. The molecule has 0 radical (unpaired) electrons. The fourth-order valence-corrected chi connectivity index (χ4v) is 0.316. The van der Waals surface area contributed by atoms with Crippen molar-refractivity contribution in [2.75, 3.05) is 7.11 Å². The number of ketones is 1. The predicted octanol–water partition coefficient (Wildman–Crippen LogP) is -2.39. The van der Waals surface area contributed by atoms with Crippen LogP contribution in [-0.4, -0.2) is 60.7 Å². The Morgan fingerprint density at radius 1 is 1.55 bits per heavy atom. The molecule has 0 aromatic rings. The number of Topliss-reactive ketones (excluding diaryl/α,β-unsaturated/α-hetero) is 1. The maximum atomic E-state index is 10.4. The van der Waals surface area contributed by atoms with Gasteiger partial charge in [-0.05, 0) is 0 Å². The third-order valence-electron chi connectivity index (χ3n) is 0.878. The van der Waals surface area contributed by atoms with Crippen LogP contribution < -0.4 is 5.73 Å². The van der Waals surface area contributed by atoms with Crippen LogP contribution in [0.4, 0.5) is 0 Å². The first-order valence-electron chi connectivity index (χ1n) is 2.46. The average Bonchev–Trinajstić information content (AvgIpc) is 2.00. The zero-order chi connectivity index (χ0) is 8.15. The van der Waals surface area contributed by atoms with Crippen molar-refractivity contribution >= 4 is 47.6 Å². The topological polar surface area (TPSA) is 86.5 Å². The van der Waals surface area contributed by atoms with E-state index in [-0.39, 0.29) is 35.8 Å². The second kappa shape index (κ2) is 6.48. The van der Waals surface area contributed by atoms with Gasteiger partial charge < -0.3 is 10.5 Å². The molecule has 0 bridgehead atoms. The molecule has 5 nitrogen and oxygen atoms in total. The van der Waals surface area contributed by atoms with Crippen LogP contribution in [0.15, 0.2) is 0 Å². The summed E-state index contributed by atoms with van der Waals surface area (Å²) in [6, 6.07) is -1.47. The first-order valence-corrected chi connectivity index (χ1v) is 2.46. The zero-order valence-corrected chi connectivity index (χ0v) is 5.37. The van der Waals surface area contributed by atoms with Crippen LogP contribution >= 0.6 is 0 Å². The summed E-state index contributed by atoms with van der Waals surface area (Å²) in [5, 5.41) is 0. The molecule has 6 heteroatoms. The third-order valence-corrected chi connectivity index (χ3v) is 0.878. The molecular weight excluding hydrogens is 161 g/mol. The van der Waals surface area contributed by atoms with Gasteiger partial charge in [0, 0.05) is 0 Å². The van der Waals surface area contributed by atoms with Crippen LogP contribution in [0.5, 0.6) is 0 Å². The number of esters is 1. The van der Waals surface area contributed by atoms with Crippen molar-refractivity contribution in [3.63, 3.8) is 0 Å². The zero-order valence-electron chi connectivity index (χ0n) is 5.37. The van der Waals surface area contributed by atoms with Crippen molar-refractivity contribution in [3.8, 4) is 0 Å². The third kappa shape index (κ3) is 4.26. The molecule has 0 aromatic carbocycles. The summed E-state index contributed by atoms with van der Waals surface area (Å²) in [5.41, 5.74) is 4.93. The van der Waals surface area contributed by atoms with Crippen LogP contribution in [0.2, 0.25) is 0 Å². The van der Waals surface area contributed by atoms with E-state index in [4.69, 9.17) is 5.73 Å². The van der Waals surface area contributed by atoms with E-state index in [1.54, 1.807) is 0 Å². The minimum absolute atomic E-state index is 0. The molecule has 1 unspecified atom stereocenters. The second-order valence-electron chi connectivity index (χ2n) is 1.52. The first-order chi connectivity index (χ1) is 4.63. The van der Waals surface area contributed by atoms with Gasteiger partial charge in [-0.3, -0.25) is 9.59 Å². The summed E-state index contributed by atoms with van der Waals surface area (Å²) in [6.07, 6.45) is -0.0123. The van der Waals surface area contributed by atoms with E-state index >= 15 is 0 Å². The molecule has 2 N–H and O–H groups in total. The number of carbonyl (C=O) groups is 3. The number of aldehydes is 1. The Labute approximate surface area is 85.6 Å². The number of ether oxygens (including phenoxy) is 1. The number of hydrogen-bond acceptors (Lipinski definition) is 5. The Morgan fingerprint density at radius 3 is 2.27 bits per heavy atom. The van der Waals surface area contributed by atoms with E-state index in [1.807, 2.05) is 0 Å². The number of hydrogen-bond donors (Lipinski definition) is 1. The van der Waals surface area contributed by atoms with E-state index in [9.17, 15) is 14.4 Å². The van der Waals surface area contributed by atoms with Crippen LogP contribution in [0, 0.1) is 0 Å². The predicted molar refractivity (Wildman–Crippen MR) is 38.2 cm³/mol. The van der Waals surface area contributed by atoms with Crippen molar-refractivity contribution < 1.29 is 19.1 Å². The fraction of sp³-hybridized carbons (Fsp3) is 0.400. The van der Waals surface area contributed by atoms with Gasteiger partial charge in [-0.1, -0.05) is 0 Å². The van der Waals surface area contributed by atoms with E-state index in [0.717, 1.165) is 7.11 Å². The Balaban J connectivity index is 0. The SMILES string of the molecule is COC(=O)C(N)C(=O)C=O.[NaH]. The molecule has 58 valence electrons. The summed E-state index contributed by atoms with van der Waals surface area (Å²) in [5.74, 6) is -1.89. The molecule has 0 saturated carbocycles. The van der Waals surface area contributed by atoms with E-state index in [1.165, 1.54) is 0 Å². The van der Waals surface area contributed by atoms with Crippen LogP contribution in [0.25, 0.3) is 0 Å². The number of methoxy groups -OCH3 is 1. The van der Waals surface area contributed by atoms with E-state index < -0.39 is 17.8 Å². The van der Waals surface area contributed by atoms with Gasteiger partial charge in [-0.2, -0.15) is 0 Å². The number of nitrogens with two attached hydrogens (primary N) is 1. The van der Waals surface area contributed by atoms with Gasteiger partial charge in [-0.25, -0.2) is 4.79 Å². The van der Waals surface area contributed by atoms with E-state index in [2.05, 4.69) is 4.74 Å². The first kappa shape index (κ1) is 13.4. The Morgan fingerprint density at radius 2 is 2.00 bits per heavy atom. The molecule has 0 rings (SSSR count). The van der Waals surface area contributed by atoms with Gasteiger partial charge in [0.1, 0.15) is 0 Å². The van der Waals surface area contributed by atoms with Crippen molar-refractivity contribution in [1.82, 2.24) is 0 Å². The summed E-state index contributed by atoms with van der Waals surface area (Å²) in [7, 11) is 1.08. The molecular formula is C5H8NNaO4. The summed E-state index contributed by atoms with van der Waals surface area (Å²) >= 11 is 0. The number of carbonyl (C=O) groups excluding carboxylic acids is 3. The maximum absolute atomic E-state index is 10.4. The normalized spacial score (nSPS) is 10.7. The molecule has 1 atom stereocenters.